The van der Waals surface area contributed by atoms with E-state index in [9.17, 15) is 0 Å². The molecule has 0 atom stereocenters. The molecule has 0 N–H and O–H groups in total. The van der Waals surface area contributed by atoms with Crippen molar-refractivity contribution in [2.75, 3.05) is 6.54 Å². The number of nitrogens with zero attached hydrogens (tertiary/aromatic N) is 1. The molecular weight excluding hydrogens is 214 g/mol. The Hall–Kier alpha value is 0.394. The normalized spacial score (nSPS) is 24.6. The Kier molecular flexibility index (Phi) is 4.62. The van der Waals surface area contributed by atoms with Crippen LogP contribution in [-0.4, -0.2) is 27.2 Å². The van der Waals surface area contributed by atoms with Crippen LogP contribution in [0.15, 0.2) is 0 Å². The Bertz CT molecular complexity index is 186. The van der Waals surface area contributed by atoms with Gasteiger partial charge in [-0.25, -0.2) is 0 Å². The van der Waals surface area contributed by atoms with Crippen LogP contribution in [0.25, 0.3) is 0 Å². The fourth-order valence-electron chi connectivity index (χ4n) is 3.00. The molecule has 1 aliphatic rings. The average Bonchev–Trinajstić information content (AvgIpc) is 2.33. The molecular formula is C12H29NSi2. The summed E-state index contributed by atoms with van der Waals surface area (Å²) in [5, 5.41) is 0. The van der Waals surface area contributed by atoms with Crippen LogP contribution in [0.4, 0.5) is 0 Å². The highest BCUT2D eigenvalue weighted by atomic mass is 28.4. The molecule has 1 rings (SSSR count). The van der Waals surface area contributed by atoms with Gasteiger partial charge in [-0.2, -0.15) is 0 Å². The first-order valence-electron chi connectivity index (χ1n) is 6.68. The summed E-state index contributed by atoms with van der Waals surface area (Å²) in [6.45, 7) is 14.0. The Morgan fingerprint density at radius 2 is 1.40 bits per heavy atom. The van der Waals surface area contributed by atoms with Crippen molar-refractivity contribution in [1.29, 1.82) is 0 Å². The van der Waals surface area contributed by atoms with E-state index in [0.717, 1.165) is 0 Å². The SMILES string of the molecule is CCCCCCN1[Si](C)(C)CC[Si]1(C)C. The van der Waals surface area contributed by atoms with Crippen LogP contribution >= 0.6 is 0 Å². The molecule has 1 heterocycles. The summed E-state index contributed by atoms with van der Waals surface area (Å²) in [6, 6.07) is 3.11. The largest absolute Gasteiger partial charge is 0.345 e. The van der Waals surface area contributed by atoms with Crippen molar-refractivity contribution >= 4 is 16.5 Å². The first-order valence-corrected chi connectivity index (χ1v) is 13.0. The highest BCUT2D eigenvalue weighted by molar-refractivity contribution is 6.95. The molecule has 0 aromatic rings. The first kappa shape index (κ1) is 13.5. The molecule has 0 amide bonds. The average molecular weight is 244 g/mol. The summed E-state index contributed by atoms with van der Waals surface area (Å²) >= 11 is 0. The summed E-state index contributed by atoms with van der Waals surface area (Å²) in [4.78, 5) is 0. The molecule has 0 unspecified atom stereocenters. The lowest BCUT2D eigenvalue weighted by Gasteiger charge is -2.38. The fraction of sp³-hybridized carbons (Fsp3) is 1.00. The molecule has 0 aromatic carbocycles. The molecule has 3 heteroatoms. The summed E-state index contributed by atoms with van der Waals surface area (Å²) < 4.78 is 3.01. The molecule has 15 heavy (non-hydrogen) atoms. The van der Waals surface area contributed by atoms with Crippen LogP contribution in [0.5, 0.6) is 0 Å². The van der Waals surface area contributed by atoms with Gasteiger partial charge in [-0.05, 0) is 25.1 Å². The maximum atomic E-state index is 3.01. The highest BCUT2D eigenvalue weighted by Gasteiger charge is 2.46. The smallest absolute Gasteiger partial charge is 0.115 e. The summed E-state index contributed by atoms with van der Waals surface area (Å²) in [7, 11) is -1.94. The Morgan fingerprint density at radius 3 is 1.87 bits per heavy atom. The maximum Gasteiger partial charge on any atom is 0.115 e. The van der Waals surface area contributed by atoms with Gasteiger partial charge in [0.05, 0.1) is 0 Å². The molecule has 1 nitrogen and oxygen atoms in total. The van der Waals surface area contributed by atoms with Crippen LogP contribution in [-0.2, 0) is 0 Å². The lowest BCUT2D eigenvalue weighted by atomic mass is 10.2. The van der Waals surface area contributed by atoms with Gasteiger partial charge in [0.25, 0.3) is 0 Å². The molecule has 1 fully saturated rings. The molecule has 0 radical (unpaired) electrons. The molecule has 0 aromatic heterocycles. The Balaban J connectivity index is 2.43. The van der Waals surface area contributed by atoms with E-state index >= 15 is 0 Å². The zero-order valence-electron chi connectivity index (χ0n) is 11.4. The number of unbranched alkanes of at least 4 members (excludes halogenated alkanes) is 3. The zero-order valence-corrected chi connectivity index (χ0v) is 13.4. The number of hydrogen-bond donors (Lipinski definition) is 0. The second kappa shape index (κ2) is 5.15. The minimum Gasteiger partial charge on any atom is -0.345 e. The van der Waals surface area contributed by atoms with Crippen LogP contribution in [0, 0.1) is 0 Å². The van der Waals surface area contributed by atoms with E-state index in [-0.39, 0.29) is 0 Å². The quantitative estimate of drug-likeness (QED) is 0.514. The van der Waals surface area contributed by atoms with Crippen molar-refractivity contribution in [2.45, 2.75) is 70.9 Å². The van der Waals surface area contributed by atoms with Gasteiger partial charge in [0.2, 0.25) is 0 Å². The molecule has 1 saturated heterocycles. The van der Waals surface area contributed by atoms with Gasteiger partial charge < -0.3 is 4.23 Å². The van der Waals surface area contributed by atoms with Gasteiger partial charge in [-0.15, -0.1) is 0 Å². The Labute approximate surface area is 98.4 Å². The second-order valence-electron chi connectivity index (χ2n) is 6.34. The summed E-state index contributed by atoms with van der Waals surface area (Å²) in [5.74, 6) is 0. The lowest BCUT2D eigenvalue weighted by Crippen LogP contribution is -2.55. The first-order chi connectivity index (χ1) is 6.90. The minimum atomic E-state index is -0.970. The molecule has 0 bridgehead atoms. The van der Waals surface area contributed by atoms with Crippen LogP contribution < -0.4 is 0 Å². The Morgan fingerprint density at radius 1 is 0.867 bits per heavy atom. The van der Waals surface area contributed by atoms with Gasteiger partial charge in [0.15, 0.2) is 0 Å². The van der Waals surface area contributed by atoms with E-state index in [4.69, 9.17) is 0 Å². The van der Waals surface area contributed by atoms with E-state index in [2.05, 4.69) is 37.3 Å². The van der Waals surface area contributed by atoms with Crippen LogP contribution in [0.3, 0.4) is 0 Å². The third-order valence-electron chi connectivity index (χ3n) is 4.05. The monoisotopic (exact) mass is 243 g/mol. The lowest BCUT2D eigenvalue weighted by molar-refractivity contribution is 0.553. The van der Waals surface area contributed by atoms with E-state index in [1.165, 1.54) is 32.2 Å². The van der Waals surface area contributed by atoms with Crippen molar-refractivity contribution in [3.8, 4) is 0 Å². The third kappa shape index (κ3) is 3.43. The molecule has 0 saturated carbocycles. The number of rotatable bonds is 5. The van der Waals surface area contributed by atoms with Gasteiger partial charge in [0.1, 0.15) is 16.5 Å². The topological polar surface area (TPSA) is 3.24 Å². The standard InChI is InChI=1S/C12H29NSi2/c1-6-7-8-9-10-13-14(2,3)11-12-15(13,4)5/h6-12H2,1-5H3. The van der Waals surface area contributed by atoms with Crippen molar-refractivity contribution in [3.05, 3.63) is 0 Å². The van der Waals surface area contributed by atoms with Gasteiger partial charge >= 0.3 is 0 Å². The van der Waals surface area contributed by atoms with Crippen molar-refractivity contribution in [2.24, 2.45) is 0 Å². The van der Waals surface area contributed by atoms with Crippen molar-refractivity contribution in [3.63, 3.8) is 0 Å². The molecule has 90 valence electrons. The van der Waals surface area contributed by atoms with Crippen LogP contribution in [0.2, 0.25) is 38.3 Å². The molecule has 0 aliphatic carbocycles. The van der Waals surface area contributed by atoms with E-state index < -0.39 is 16.5 Å². The van der Waals surface area contributed by atoms with Gasteiger partial charge in [-0.1, -0.05) is 52.4 Å². The second-order valence-corrected chi connectivity index (χ2v) is 16.1. The van der Waals surface area contributed by atoms with E-state index in [1.54, 1.807) is 12.1 Å². The fourth-order valence-corrected chi connectivity index (χ4v) is 17.2. The third-order valence-corrected chi connectivity index (χ3v) is 14.5. The minimum absolute atomic E-state index is 0.970. The molecule has 0 spiro atoms. The van der Waals surface area contributed by atoms with E-state index in [0.29, 0.717) is 0 Å². The van der Waals surface area contributed by atoms with Gasteiger partial charge in [-0.3, -0.25) is 0 Å². The highest BCUT2D eigenvalue weighted by Crippen LogP contribution is 2.36. The van der Waals surface area contributed by atoms with Gasteiger partial charge in [0, 0.05) is 0 Å². The van der Waals surface area contributed by atoms with E-state index in [1.807, 2.05) is 0 Å². The summed E-state index contributed by atoms with van der Waals surface area (Å²) in [5.41, 5.74) is 0. The predicted molar refractivity (Wildman–Crippen MR) is 75.4 cm³/mol. The van der Waals surface area contributed by atoms with Crippen molar-refractivity contribution in [1.82, 2.24) is 4.23 Å². The van der Waals surface area contributed by atoms with Crippen molar-refractivity contribution < 1.29 is 0 Å². The zero-order chi connectivity index (χ0) is 11.5. The number of hydrogen-bond acceptors (Lipinski definition) is 1. The van der Waals surface area contributed by atoms with Crippen LogP contribution in [0.1, 0.15) is 32.6 Å². The summed E-state index contributed by atoms with van der Waals surface area (Å²) in [6.07, 6.45) is 5.68. The molecule has 1 aliphatic heterocycles. The predicted octanol–water partition coefficient (Wildman–Crippen LogP) is 4.29. The maximum absolute atomic E-state index is 3.01.